The van der Waals surface area contributed by atoms with Crippen LogP contribution >= 0.6 is 0 Å². The third kappa shape index (κ3) is 2.03. The van der Waals surface area contributed by atoms with Crippen LogP contribution in [0.4, 0.5) is 4.39 Å². The zero-order valence-corrected chi connectivity index (χ0v) is 9.89. The van der Waals surface area contributed by atoms with E-state index in [2.05, 4.69) is 15.2 Å². The number of hydrogen-bond donors (Lipinski definition) is 1. The van der Waals surface area contributed by atoms with E-state index in [0.717, 1.165) is 12.1 Å². The van der Waals surface area contributed by atoms with E-state index in [1.165, 1.54) is 18.6 Å². The van der Waals surface area contributed by atoms with E-state index in [4.69, 9.17) is 9.84 Å². The van der Waals surface area contributed by atoms with Gasteiger partial charge < -0.3 is 9.84 Å². The van der Waals surface area contributed by atoms with Crippen LogP contribution in [0.3, 0.4) is 0 Å². The molecule has 0 radical (unpaired) electrons. The summed E-state index contributed by atoms with van der Waals surface area (Å²) in [4.78, 5) is 14.7. The van der Waals surface area contributed by atoms with Crippen LogP contribution in [0, 0.1) is 5.82 Å². The van der Waals surface area contributed by atoms with Crippen molar-refractivity contribution in [1.29, 1.82) is 0 Å². The summed E-state index contributed by atoms with van der Waals surface area (Å²) >= 11 is 0. The fourth-order valence-electron chi connectivity index (χ4n) is 1.65. The molecule has 1 N–H and O–H groups in total. The molecule has 7 nitrogen and oxygen atoms in total. The lowest BCUT2D eigenvalue weighted by molar-refractivity contribution is 0.0692. The molecule has 0 aliphatic rings. The van der Waals surface area contributed by atoms with Crippen molar-refractivity contribution >= 4 is 11.6 Å². The summed E-state index contributed by atoms with van der Waals surface area (Å²) in [7, 11) is 0. The number of fused-ring (bicyclic) bond motifs is 1. The van der Waals surface area contributed by atoms with Crippen molar-refractivity contribution in [2.45, 2.75) is 0 Å². The van der Waals surface area contributed by atoms with Crippen LogP contribution in [-0.2, 0) is 0 Å². The summed E-state index contributed by atoms with van der Waals surface area (Å²) in [6, 6.07) is 3.44. The number of aromatic nitrogens is 4. The minimum absolute atomic E-state index is 0.121. The molecule has 1 aromatic carbocycles. The second-order valence-corrected chi connectivity index (χ2v) is 3.84. The summed E-state index contributed by atoms with van der Waals surface area (Å²) in [6.45, 7) is 0. The molecule has 0 unspecified atom stereocenters. The first kappa shape index (κ1) is 12.0. The van der Waals surface area contributed by atoms with Gasteiger partial charge in [0.05, 0.1) is 5.56 Å². The number of halogens is 1. The predicted octanol–water partition coefficient (Wildman–Crippen LogP) is 1.75. The van der Waals surface area contributed by atoms with Crippen LogP contribution < -0.4 is 4.74 Å². The molecule has 0 bridgehead atoms. The van der Waals surface area contributed by atoms with E-state index in [0.29, 0.717) is 5.65 Å². The molecule has 0 aliphatic heterocycles. The third-order valence-electron chi connectivity index (χ3n) is 2.57. The van der Waals surface area contributed by atoms with E-state index in [1.54, 1.807) is 10.6 Å². The molecule has 2 heterocycles. The standard InChI is InChI=1S/C12H7FN4O3/c13-9-5-7(1-2-8(9)12(18)19)20-11-10-16-15-6-17(10)4-3-14-11/h1-6H,(H,18,19). The lowest BCUT2D eigenvalue weighted by atomic mass is 10.2. The first-order chi connectivity index (χ1) is 9.65. The summed E-state index contributed by atoms with van der Waals surface area (Å²) in [5.74, 6) is -1.96. The highest BCUT2D eigenvalue weighted by molar-refractivity contribution is 5.88. The van der Waals surface area contributed by atoms with Gasteiger partial charge in [-0.1, -0.05) is 0 Å². The number of rotatable bonds is 3. The first-order valence-corrected chi connectivity index (χ1v) is 5.50. The molecular formula is C12H7FN4O3. The van der Waals surface area contributed by atoms with Gasteiger partial charge in [0, 0.05) is 18.5 Å². The van der Waals surface area contributed by atoms with Gasteiger partial charge in [0.2, 0.25) is 5.65 Å². The van der Waals surface area contributed by atoms with Gasteiger partial charge >= 0.3 is 5.97 Å². The van der Waals surface area contributed by atoms with E-state index >= 15 is 0 Å². The fourth-order valence-corrected chi connectivity index (χ4v) is 1.65. The Morgan fingerprint density at radius 2 is 2.25 bits per heavy atom. The van der Waals surface area contributed by atoms with Gasteiger partial charge in [-0.2, -0.15) is 0 Å². The summed E-state index contributed by atoms with van der Waals surface area (Å²) in [6.07, 6.45) is 4.59. The molecule has 100 valence electrons. The van der Waals surface area contributed by atoms with E-state index in [1.807, 2.05) is 0 Å². The SMILES string of the molecule is O=C(O)c1ccc(Oc2nccn3cnnc23)cc1F. The average molecular weight is 274 g/mol. The zero-order valence-electron chi connectivity index (χ0n) is 9.89. The number of aromatic carboxylic acids is 1. The highest BCUT2D eigenvalue weighted by atomic mass is 19.1. The quantitative estimate of drug-likeness (QED) is 0.782. The highest BCUT2D eigenvalue weighted by Gasteiger charge is 2.13. The van der Waals surface area contributed by atoms with Crippen LogP contribution in [0.2, 0.25) is 0 Å². The molecular weight excluding hydrogens is 267 g/mol. The maximum absolute atomic E-state index is 13.5. The van der Waals surface area contributed by atoms with Gasteiger partial charge in [-0.05, 0) is 12.1 Å². The number of ether oxygens (including phenoxy) is 1. The second-order valence-electron chi connectivity index (χ2n) is 3.84. The number of carboxylic acid groups (broad SMARTS) is 1. The van der Waals surface area contributed by atoms with Crippen LogP contribution in [0.1, 0.15) is 10.4 Å². The molecule has 0 saturated heterocycles. The Morgan fingerprint density at radius 1 is 1.40 bits per heavy atom. The predicted molar refractivity (Wildman–Crippen MR) is 64.2 cm³/mol. The third-order valence-corrected chi connectivity index (χ3v) is 2.57. The molecule has 20 heavy (non-hydrogen) atoms. The first-order valence-electron chi connectivity index (χ1n) is 5.50. The van der Waals surface area contributed by atoms with E-state index < -0.39 is 17.3 Å². The molecule has 0 fully saturated rings. The van der Waals surface area contributed by atoms with Crippen LogP contribution in [-0.4, -0.2) is 30.7 Å². The van der Waals surface area contributed by atoms with Crippen molar-refractivity contribution in [3.8, 4) is 11.6 Å². The number of carbonyl (C=O) groups is 1. The molecule has 3 rings (SSSR count). The number of hydrogen-bond acceptors (Lipinski definition) is 5. The summed E-state index contributed by atoms with van der Waals surface area (Å²) in [5.41, 5.74) is -0.0544. The minimum atomic E-state index is -1.34. The topological polar surface area (TPSA) is 89.6 Å². The van der Waals surface area contributed by atoms with Crippen molar-refractivity contribution in [2.24, 2.45) is 0 Å². The van der Waals surface area contributed by atoms with Crippen molar-refractivity contribution < 1.29 is 19.0 Å². The Balaban J connectivity index is 1.97. The lowest BCUT2D eigenvalue weighted by Gasteiger charge is -2.06. The minimum Gasteiger partial charge on any atom is -0.478 e. The summed E-state index contributed by atoms with van der Waals surface area (Å²) in [5, 5.41) is 16.3. The van der Waals surface area contributed by atoms with Crippen molar-refractivity contribution in [3.05, 3.63) is 48.3 Å². The van der Waals surface area contributed by atoms with Crippen LogP contribution in [0.25, 0.3) is 5.65 Å². The van der Waals surface area contributed by atoms with Crippen LogP contribution in [0.5, 0.6) is 11.6 Å². The van der Waals surface area contributed by atoms with Gasteiger partial charge in [-0.3, -0.25) is 4.40 Å². The summed E-state index contributed by atoms with van der Waals surface area (Å²) < 4.78 is 20.5. The molecule has 0 spiro atoms. The normalized spacial score (nSPS) is 10.7. The molecule has 0 amide bonds. The Morgan fingerprint density at radius 3 is 3.00 bits per heavy atom. The smallest absolute Gasteiger partial charge is 0.338 e. The van der Waals surface area contributed by atoms with Crippen LogP contribution in [0.15, 0.2) is 36.9 Å². The Labute approximate surface area is 111 Å². The molecule has 0 aliphatic carbocycles. The Kier molecular flexibility index (Phi) is 2.75. The number of carboxylic acids is 1. The van der Waals surface area contributed by atoms with Crippen molar-refractivity contribution in [2.75, 3.05) is 0 Å². The van der Waals surface area contributed by atoms with E-state index in [9.17, 15) is 9.18 Å². The monoisotopic (exact) mass is 274 g/mol. The fraction of sp³-hybridized carbons (Fsp3) is 0. The van der Waals surface area contributed by atoms with E-state index in [-0.39, 0.29) is 11.6 Å². The molecule has 0 saturated carbocycles. The zero-order chi connectivity index (χ0) is 14.1. The Hall–Kier alpha value is -3.03. The van der Waals surface area contributed by atoms with Crippen molar-refractivity contribution in [3.63, 3.8) is 0 Å². The highest BCUT2D eigenvalue weighted by Crippen LogP contribution is 2.24. The molecule has 8 heteroatoms. The number of benzene rings is 1. The van der Waals surface area contributed by atoms with Gasteiger partial charge in [-0.15, -0.1) is 10.2 Å². The van der Waals surface area contributed by atoms with Gasteiger partial charge in [0.1, 0.15) is 17.9 Å². The lowest BCUT2D eigenvalue weighted by Crippen LogP contribution is -2.00. The second kappa shape index (κ2) is 4.57. The molecule has 0 atom stereocenters. The molecule has 2 aromatic heterocycles. The van der Waals surface area contributed by atoms with Gasteiger partial charge in [-0.25, -0.2) is 14.2 Å². The average Bonchev–Trinajstić information content (AvgIpc) is 2.87. The maximum Gasteiger partial charge on any atom is 0.338 e. The van der Waals surface area contributed by atoms with Gasteiger partial charge in [0.25, 0.3) is 5.88 Å². The Bertz CT molecular complexity index is 802. The largest absolute Gasteiger partial charge is 0.478 e. The molecule has 3 aromatic rings. The maximum atomic E-state index is 13.5. The number of nitrogens with zero attached hydrogens (tertiary/aromatic N) is 4. The van der Waals surface area contributed by atoms with Crippen molar-refractivity contribution in [1.82, 2.24) is 19.6 Å². The van der Waals surface area contributed by atoms with Gasteiger partial charge in [0.15, 0.2) is 0 Å².